The standard InChI is InChI=1S/C14H31N3O/c1-10(2)12(5)16-14(18)8-15-13(11(3)4)9-17(6)7/h10-13,15H,8-9H2,1-7H3,(H,16,18). The Labute approximate surface area is 113 Å². The zero-order chi connectivity index (χ0) is 14.3. The largest absolute Gasteiger partial charge is 0.352 e. The summed E-state index contributed by atoms with van der Waals surface area (Å²) in [5.74, 6) is 1.07. The van der Waals surface area contributed by atoms with Crippen molar-refractivity contribution in [3.63, 3.8) is 0 Å². The molecule has 0 rings (SSSR count). The van der Waals surface area contributed by atoms with Crippen LogP contribution in [0, 0.1) is 11.8 Å². The molecule has 0 heterocycles. The van der Waals surface area contributed by atoms with Crippen molar-refractivity contribution in [3.8, 4) is 0 Å². The first-order chi connectivity index (χ1) is 8.23. The van der Waals surface area contributed by atoms with E-state index in [0.717, 1.165) is 6.54 Å². The first-order valence-electron chi connectivity index (χ1n) is 6.91. The van der Waals surface area contributed by atoms with Crippen LogP contribution in [-0.4, -0.2) is 50.1 Å². The normalized spacial score (nSPS) is 15.2. The Morgan fingerprint density at radius 1 is 1.06 bits per heavy atom. The molecule has 2 atom stereocenters. The fourth-order valence-electron chi connectivity index (χ4n) is 1.60. The van der Waals surface area contributed by atoms with Gasteiger partial charge in [0.15, 0.2) is 0 Å². The molecule has 0 aliphatic rings. The second-order valence-corrected chi connectivity index (χ2v) is 6.09. The highest BCUT2D eigenvalue weighted by atomic mass is 16.1. The minimum atomic E-state index is 0.0839. The van der Waals surface area contributed by atoms with E-state index in [1.165, 1.54) is 0 Å². The van der Waals surface area contributed by atoms with E-state index >= 15 is 0 Å². The molecule has 2 N–H and O–H groups in total. The number of likely N-dealkylation sites (N-methyl/N-ethyl adjacent to an activating group) is 1. The highest BCUT2D eigenvalue weighted by Gasteiger charge is 2.16. The number of amides is 1. The van der Waals surface area contributed by atoms with Gasteiger partial charge in [-0.15, -0.1) is 0 Å². The molecular weight excluding hydrogens is 226 g/mol. The summed E-state index contributed by atoms with van der Waals surface area (Å²) in [6.07, 6.45) is 0. The van der Waals surface area contributed by atoms with Gasteiger partial charge in [0, 0.05) is 18.6 Å². The summed E-state index contributed by atoms with van der Waals surface area (Å²) in [6.45, 7) is 12.0. The summed E-state index contributed by atoms with van der Waals surface area (Å²) in [4.78, 5) is 13.9. The summed E-state index contributed by atoms with van der Waals surface area (Å²) in [7, 11) is 4.11. The molecule has 0 aliphatic carbocycles. The molecular formula is C14H31N3O. The molecule has 108 valence electrons. The van der Waals surface area contributed by atoms with E-state index in [0.29, 0.717) is 24.4 Å². The molecule has 0 aromatic rings. The van der Waals surface area contributed by atoms with Gasteiger partial charge in [0.05, 0.1) is 6.54 Å². The molecule has 2 unspecified atom stereocenters. The van der Waals surface area contributed by atoms with Crippen LogP contribution in [0.4, 0.5) is 0 Å². The van der Waals surface area contributed by atoms with E-state index in [-0.39, 0.29) is 11.9 Å². The van der Waals surface area contributed by atoms with E-state index in [9.17, 15) is 4.79 Å². The predicted molar refractivity (Wildman–Crippen MR) is 77.6 cm³/mol. The lowest BCUT2D eigenvalue weighted by Crippen LogP contribution is -2.48. The number of nitrogens with zero attached hydrogens (tertiary/aromatic N) is 1. The maximum Gasteiger partial charge on any atom is 0.234 e. The van der Waals surface area contributed by atoms with Crippen molar-refractivity contribution in [1.29, 1.82) is 0 Å². The van der Waals surface area contributed by atoms with Crippen LogP contribution in [0.1, 0.15) is 34.6 Å². The van der Waals surface area contributed by atoms with Crippen LogP contribution in [0.25, 0.3) is 0 Å². The average molecular weight is 257 g/mol. The van der Waals surface area contributed by atoms with Crippen molar-refractivity contribution in [2.24, 2.45) is 11.8 Å². The number of rotatable bonds is 8. The van der Waals surface area contributed by atoms with Gasteiger partial charge in [-0.05, 0) is 32.9 Å². The Balaban J connectivity index is 4.07. The number of carbonyl (C=O) groups excluding carboxylic acids is 1. The van der Waals surface area contributed by atoms with Gasteiger partial charge < -0.3 is 15.5 Å². The van der Waals surface area contributed by atoms with Crippen molar-refractivity contribution < 1.29 is 4.79 Å². The fourth-order valence-corrected chi connectivity index (χ4v) is 1.60. The second kappa shape index (κ2) is 8.48. The van der Waals surface area contributed by atoms with Crippen molar-refractivity contribution in [2.75, 3.05) is 27.2 Å². The molecule has 0 bridgehead atoms. The first-order valence-corrected chi connectivity index (χ1v) is 6.91. The van der Waals surface area contributed by atoms with Crippen molar-refractivity contribution >= 4 is 5.91 Å². The lowest BCUT2D eigenvalue weighted by atomic mass is 10.0. The molecule has 18 heavy (non-hydrogen) atoms. The van der Waals surface area contributed by atoms with Gasteiger partial charge >= 0.3 is 0 Å². The Morgan fingerprint density at radius 3 is 2.00 bits per heavy atom. The summed E-state index contributed by atoms with van der Waals surface area (Å²) >= 11 is 0. The minimum absolute atomic E-state index is 0.0839. The van der Waals surface area contributed by atoms with Crippen LogP contribution in [0.2, 0.25) is 0 Å². The topological polar surface area (TPSA) is 44.4 Å². The summed E-state index contributed by atoms with van der Waals surface area (Å²) in [6, 6.07) is 0.575. The quantitative estimate of drug-likeness (QED) is 0.689. The zero-order valence-corrected chi connectivity index (χ0v) is 13.1. The third-order valence-corrected chi connectivity index (χ3v) is 3.28. The Bertz CT molecular complexity index is 239. The molecule has 0 radical (unpaired) electrons. The molecule has 4 nitrogen and oxygen atoms in total. The highest BCUT2D eigenvalue weighted by molar-refractivity contribution is 5.78. The third-order valence-electron chi connectivity index (χ3n) is 3.28. The molecule has 0 fully saturated rings. The lowest BCUT2D eigenvalue weighted by molar-refractivity contribution is -0.121. The molecule has 0 saturated carbocycles. The lowest BCUT2D eigenvalue weighted by Gasteiger charge is -2.26. The SMILES string of the molecule is CC(C)C(C)NC(=O)CNC(CN(C)C)C(C)C. The van der Waals surface area contributed by atoms with E-state index in [2.05, 4.69) is 57.3 Å². The monoisotopic (exact) mass is 257 g/mol. The predicted octanol–water partition coefficient (Wildman–Crippen LogP) is 1.32. The van der Waals surface area contributed by atoms with E-state index in [1.54, 1.807) is 0 Å². The number of hydrogen-bond acceptors (Lipinski definition) is 3. The minimum Gasteiger partial charge on any atom is -0.352 e. The molecule has 0 aromatic carbocycles. The number of carbonyl (C=O) groups is 1. The van der Waals surface area contributed by atoms with Gasteiger partial charge in [-0.3, -0.25) is 4.79 Å². The molecule has 1 amide bonds. The highest BCUT2D eigenvalue weighted by Crippen LogP contribution is 2.02. The molecule has 0 aromatic heterocycles. The van der Waals surface area contributed by atoms with Crippen LogP contribution in [0.15, 0.2) is 0 Å². The van der Waals surface area contributed by atoms with E-state index in [4.69, 9.17) is 0 Å². The second-order valence-electron chi connectivity index (χ2n) is 6.09. The Morgan fingerprint density at radius 2 is 1.61 bits per heavy atom. The summed E-state index contributed by atoms with van der Waals surface area (Å²) < 4.78 is 0. The Kier molecular flexibility index (Phi) is 8.20. The van der Waals surface area contributed by atoms with Gasteiger partial charge in [0.1, 0.15) is 0 Å². The van der Waals surface area contributed by atoms with Crippen LogP contribution in [-0.2, 0) is 4.79 Å². The van der Waals surface area contributed by atoms with Gasteiger partial charge in [-0.25, -0.2) is 0 Å². The molecule has 0 spiro atoms. The van der Waals surface area contributed by atoms with Crippen molar-refractivity contribution in [3.05, 3.63) is 0 Å². The maximum atomic E-state index is 11.8. The zero-order valence-electron chi connectivity index (χ0n) is 13.1. The van der Waals surface area contributed by atoms with Gasteiger partial charge in [-0.1, -0.05) is 27.7 Å². The van der Waals surface area contributed by atoms with Crippen LogP contribution < -0.4 is 10.6 Å². The fraction of sp³-hybridized carbons (Fsp3) is 0.929. The number of hydrogen-bond donors (Lipinski definition) is 2. The van der Waals surface area contributed by atoms with Gasteiger partial charge in [0.2, 0.25) is 5.91 Å². The Hall–Kier alpha value is -0.610. The van der Waals surface area contributed by atoms with E-state index < -0.39 is 0 Å². The molecule has 0 aliphatic heterocycles. The average Bonchev–Trinajstić information content (AvgIpc) is 2.22. The smallest absolute Gasteiger partial charge is 0.234 e. The van der Waals surface area contributed by atoms with Gasteiger partial charge in [0.25, 0.3) is 0 Å². The third kappa shape index (κ3) is 7.67. The van der Waals surface area contributed by atoms with Crippen molar-refractivity contribution in [1.82, 2.24) is 15.5 Å². The number of nitrogens with one attached hydrogen (secondary N) is 2. The maximum absolute atomic E-state index is 11.8. The molecule has 4 heteroatoms. The van der Waals surface area contributed by atoms with Crippen molar-refractivity contribution in [2.45, 2.75) is 46.7 Å². The van der Waals surface area contributed by atoms with E-state index in [1.807, 2.05) is 6.92 Å². The van der Waals surface area contributed by atoms with Gasteiger partial charge in [-0.2, -0.15) is 0 Å². The first kappa shape index (κ1) is 17.4. The summed E-state index contributed by atoms with van der Waals surface area (Å²) in [5.41, 5.74) is 0. The van der Waals surface area contributed by atoms with Crippen LogP contribution in [0.5, 0.6) is 0 Å². The van der Waals surface area contributed by atoms with Crippen LogP contribution >= 0.6 is 0 Å². The van der Waals surface area contributed by atoms with Crippen LogP contribution in [0.3, 0.4) is 0 Å². The summed E-state index contributed by atoms with van der Waals surface area (Å²) in [5, 5.41) is 6.35. The molecule has 0 saturated heterocycles.